The van der Waals surface area contributed by atoms with Gasteiger partial charge in [0.2, 0.25) is 5.95 Å². The molecule has 4 rings (SSSR count). The molecule has 2 aromatic heterocycles. The quantitative estimate of drug-likeness (QED) is 0.777. The standard InChI is InChI=1S/C20H24F3N5O3/c1-13-12-31-9-8-26(13)17-10-18(30)27-7-5-16(20(21,22)23)28(19(27)25-17)11-15(29)14-4-2-3-6-24-14/h2-4,6,10,13,15-16,29H,5,7-9,11-12H2,1H3/t13-,15+,16?/m1/s1. The Morgan fingerprint density at radius 2 is 2.13 bits per heavy atom. The maximum atomic E-state index is 13.9. The van der Waals surface area contributed by atoms with Crippen molar-refractivity contribution < 1.29 is 23.0 Å². The molecule has 1 saturated heterocycles. The van der Waals surface area contributed by atoms with Gasteiger partial charge in [-0.15, -0.1) is 0 Å². The van der Waals surface area contributed by atoms with Gasteiger partial charge in [0.15, 0.2) is 0 Å². The summed E-state index contributed by atoms with van der Waals surface area (Å²) in [7, 11) is 0. The number of pyridine rings is 1. The van der Waals surface area contributed by atoms with Crippen molar-refractivity contribution in [1.82, 2.24) is 14.5 Å². The van der Waals surface area contributed by atoms with E-state index in [4.69, 9.17) is 4.74 Å². The lowest BCUT2D eigenvalue weighted by atomic mass is 10.1. The third kappa shape index (κ3) is 4.38. The molecular weight excluding hydrogens is 415 g/mol. The van der Waals surface area contributed by atoms with Crippen LogP contribution in [-0.4, -0.2) is 64.2 Å². The second-order valence-electron chi connectivity index (χ2n) is 7.79. The Morgan fingerprint density at radius 1 is 1.32 bits per heavy atom. The first-order valence-corrected chi connectivity index (χ1v) is 10.1. The van der Waals surface area contributed by atoms with Gasteiger partial charge in [0.1, 0.15) is 18.0 Å². The number of alkyl halides is 3. The summed E-state index contributed by atoms with van der Waals surface area (Å²) >= 11 is 0. The van der Waals surface area contributed by atoms with Crippen molar-refractivity contribution in [2.45, 2.75) is 44.3 Å². The van der Waals surface area contributed by atoms with Crippen molar-refractivity contribution in [3.05, 3.63) is 46.5 Å². The molecule has 2 aromatic rings. The average Bonchev–Trinajstić information content (AvgIpc) is 2.74. The van der Waals surface area contributed by atoms with Crippen LogP contribution in [0.1, 0.15) is 25.1 Å². The number of halogens is 3. The van der Waals surface area contributed by atoms with E-state index in [1.807, 2.05) is 11.8 Å². The van der Waals surface area contributed by atoms with Crippen LogP contribution >= 0.6 is 0 Å². The highest BCUT2D eigenvalue weighted by Gasteiger charge is 2.47. The molecule has 2 aliphatic heterocycles. The number of nitrogens with zero attached hydrogens (tertiary/aromatic N) is 5. The summed E-state index contributed by atoms with van der Waals surface area (Å²) in [6.07, 6.45) is -4.67. The Hall–Kier alpha value is -2.66. The van der Waals surface area contributed by atoms with Crippen LogP contribution in [0.5, 0.6) is 0 Å². The van der Waals surface area contributed by atoms with Crippen LogP contribution in [0.4, 0.5) is 24.9 Å². The van der Waals surface area contributed by atoms with Gasteiger partial charge in [-0.3, -0.25) is 14.3 Å². The molecule has 1 unspecified atom stereocenters. The zero-order valence-corrected chi connectivity index (χ0v) is 17.0. The summed E-state index contributed by atoms with van der Waals surface area (Å²) in [6.45, 7) is 2.77. The van der Waals surface area contributed by atoms with Crippen LogP contribution in [0.2, 0.25) is 0 Å². The number of hydrogen-bond acceptors (Lipinski definition) is 7. The molecule has 0 aromatic carbocycles. The van der Waals surface area contributed by atoms with Crippen molar-refractivity contribution >= 4 is 11.8 Å². The van der Waals surface area contributed by atoms with Gasteiger partial charge < -0.3 is 19.6 Å². The van der Waals surface area contributed by atoms with Crippen LogP contribution in [0.15, 0.2) is 35.3 Å². The Balaban J connectivity index is 1.75. The zero-order valence-electron chi connectivity index (χ0n) is 17.0. The van der Waals surface area contributed by atoms with Crippen LogP contribution in [0.3, 0.4) is 0 Å². The predicted octanol–water partition coefficient (Wildman–Crippen LogP) is 1.74. The fourth-order valence-corrected chi connectivity index (χ4v) is 4.07. The molecule has 1 N–H and O–H groups in total. The first kappa shape index (κ1) is 21.6. The Bertz CT molecular complexity index is 969. The van der Waals surface area contributed by atoms with E-state index < -0.39 is 30.4 Å². The number of rotatable bonds is 4. The number of ether oxygens (including phenoxy) is 1. The molecule has 0 spiro atoms. The van der Waals surface area contributed by atoms with E-state index in [1.54, 1.807) is 18.2 Å². The molecule has 3 atom stereocenters. The van der Waals surface area contributed by atoms with Gasteiger partial charge >= 0.3 is 6.18 Å². The summed E-state index contributed by atoms with van der Waals surface area (Å²) in [5.41, 5.74) is -0.169. The first-order valence-electron chi connectivity index (χ1n) is 10.1. The SMILES string of the molecule is C[C@@H]1COCCN1c1cc(=O)n2c(n1)N(C[C@H](O)c1ccccn1)C(C(F)(F)F)CC2. The predicted molar refractivity (Wildman–Crippen MR) is 107 cm³/mol. The number of anilines is 2. The van der Waals surface area contributed by atoms with Crippen LogP contribution in [-0.2, 0) is 11.3 Å². The largest absolute Gasteiger partial charge is 0.408 e. The van der Waals surface area contributed by atoms with Gasteiger partial charge in [-0.05, 0) is 25.5 Å². The first-order chi connectivity index (χ1) is 14.8. The molecular formula is C20H24F3N5O3. The fraction of sp³-hybridized carbons (Fsp3) is 0.550. The maximum Gasteiger partial charge on any atom is 0.408 e. The number of aliphatic hydroxyl groups is 1. The van der Waals surface area contributed by atoms with Gasteiger partial charge in [0.05, 0.1) is 31.5 Å². The smallest absolute Gasteiger partial charge is 0.385 e. The van der Waals surface area contributed by atoms with Crippen molar-refractivity contribution in [1.29, 1.82) is 0 Å². The molecule has 1 fully saturated rings. The molecule has 0 radical (unpaired) electrons. The number of hydrogen-bond donors (Lipinski definition) is 1. The van der Waals surface area contributed by atoms with Crippen molar-refractivity contribution in [2.75, 3.05) is 36.1 Å². The molecule has 2 aliphatic rings. The number of aromatic nitrogens is 3. The van der Waals surface area contributed by atoms with E-state index in [1.165, 1.54) is 16.8 Å². The molecule has 4 heterocycles. The molecule has 0 amide bonds. The van der Waals surface area contributed by atoms with E-state index in [-0.39, 0.29) is 30.6 Å². The van der Waals surface area contributed by atoms with E-state index in [0.29, 0.717) is 25.6 Å². The Kier molecular flexibility index (Phi) is 5.89. The Labute approximate surface area is 176 Å². The van der Waals surface area contributed by atoms with E-state index in [0.717, 1.165) is 4.90 Å². The lowest BCUT2D eigenvalue weighted by Crippen LogP contribution is -2.54. The summed E-state index contributed by atoms with van der Waals surface area (Å²) < 4.78 is 48.3. The third-order valence-electron chi connectivity index (χ3n) is 5.67. The molecule has 0 saturated carbocycles. The fourth-order valence-electron chi connectivity index (χ4n) is 4.07. The lowest BCUT2D eigenvalue weighted by Gasteiger charge is -2.41. The highest BCUT2D eigenvalue weighted by atomic mass is 19.4. The molecule has 31 heavy (non-hydrogen) atoms. The number of morpholine rings is 1. The topological polar surface area (TPSA) is 83.7 Å². The molecule has 8 nitrogen and oxygen atoms in total. The monoisotopic (exact) mass is 439 g/mol. The summed E-state index contributed by atoms with van der Waals surface area (Å²) in [4.78, 5) is 24.1. The van der Waals surface area contributed by atoms with Crippen molar-refractivity contribution in [2.24, 2.45) is 0 Å². The van der Waals surface area contributed by atoms with Crippen molar-refractivity contribution in [3.63, 3.8) is 0 Å². The summed E-state index contributed by atoms with van der Waals surface area (Å²) in [5.74, 6) is 0.219. The second kappa shape index (κ2) is 8.46. The molecule has 0 bridgehead atoms. The minimum atomic E-state index is -4.55. The molecule has 11 heteroatoms. The van der Waals surface area contributed by atoms with Crippen LogP contribution < -0.4 is 15.4 Å². The highest BCUT2D eigenvalue weighted by molar-refractivity contribution is 5.47. The van der Waals surface area contributed by atoms with Crippen LogP contribution in [0, 0.1) is 0 Å². The third-order valence-corrected chi connectivity index (χ3v) is 5.67. The lowest BCUT2D eigenvalue weighted by molar-refractivity contribution is -0.153. The normalized spacial score (nSPS) is 22.9. The Morgan fingerprint density at radius 3 is 2.81 bits per heavy atom. The molecule has 0 aliphatic carbocycles. The van der Waals surface area contributed by atoms with Gasteiger partial charge in [-0.2, -0.15) is 18.2 Å². The zero-order chi connectivity index (χ0) is 22.2. The second-order valence-corrected chi connectivity index (χ2v) is 7.79. The van der Waals surface area contributed by atoms with Gasteiger partial charge in [-0.25, -0.2) is 0 Å². The highest BCUT2D eigenvalue weighted by Crippen LogP contribution is 2.35. The van der Waals surface area contributed by atoms with Crippen molar-refractivity contribution in [3.8, 4) is 0 Å². The van der Waals surface area contributed by atoms with Gasteiger partial charge in [0, 0.05) is 25.4 Å². The average molecular weight is 439 g/mol. The molecule has 168 valence electrons. The van der Waals surface area contributed by atoms with Crippen LogP contribution in [0.25, 0.3) is 0 Å². The minimum Gasteiger partial charge on any atom is -0.385 e. The van der Waals surface area contributed by atoms with Gasteiger partial charge in [0.25, 0.3) is 5.56 Å². The summed E-state index contributed by atoms with van der Waals surface area (Å²) in [5, 5.41) is 10.6. The number of β-amino-alcohol motifs (C(OH)–C–C–N with tert-alkyl or cyclic N) is 1. The van der Waals surface area contributed by atoms with E-state index >= 15 is 0 Å². The maximum absolute atomic E-state index is 13.9. The summed E-state index contributed by atoms with van der Waals surface area (Å²) in [6, 6.07) is 4.27. The van der Waals surface area contributed by atoms with Gasteiger partial charge in [-0.1, -0.05) is 6.07 Å². The number of fused-ring (bicyclic) bond motifs is 1. The van der Waals surface area contributed by atoms with E-state index in [9.17, 15) is 23.1 Å². The van der Waals surface area contributed by atoms with E-state index in [2.05, 4.69) is 9.97 Å². The minimum absolute atomic E-state index is 0.0711. The number of aliphatic hydroxyl groups excluding tert-OH is 1.